The van der Waals surface area contributed by atoms with Crippen LogP contribution in [0.1, 0.15) is 27.2 Å². The van der Waals surface area contributed by atoms with Crippen LogP contribution < -0.4 is 0 Å². The molecule has 0 aliphatic carbocycles. The van der Waals surface area contributed by atoms with Crippen molar-refractivity contribution >= 4 is 6.09 Å². The highest BCUT2D eigenvalue weighted by Crippen LogP contribution is 2.32. The molecule has 0 saturated carbocycles. The number of carbonyl (C=O) groups excluding carboxylic acids is 1. The van der Waals surface area contributed by atoms with Gasteiger partial charge in [0, 0.05) is 13.1 Å². The minimum atomic E-state index is -3.38. The Kier molecular flexibility index (Phi) is 3.60. The maximum absolute atomic E-state index is 13.1. The summed E-state index contributed by atoms with van der Waals surface area (Å²) < 4.78 is 31.3. The van der Waals surface area contributed by atoms with E-state index in [-0.39, 0.29) is 19.5 Å². The molecule has 17 heavy (non-hydrogen) atoms. The third kappa shape index (κ3) is 3.55. The second kappa shape index (κ2) is 4.47. The van der Waals surface area contributed by atoms with Gasteiger partial charge in [-0.3, -0.25) is 0 Å². The number of nitriles is 1. The lowest BCUT2D eigenvalue weighted by molar-refractivity contribution is -0.00140. The van der Waals surface area contributed by atoms with Crippen LogP contribution in [0.3, 0.4) is 0 Å². The number of amides is 1. The summed E-state index contributed by atoms with van der Waals surface area (Å²) in [6.45, 7) is 5.21. The van der Waals surface area contributed by atoms with Crippen molar-refractivity contribution < 1.29 is 18.3 Å². The van der Waals surface area contributed by atoms with E-state index >= 15 is 0 Å². The number of nitrogens with zero attached hydrogens (tertiary/aromatic N) is 2. The predicted octanol–water partition coefficient (Wildman–Crippen LogP) is 2.40. The van der Waals surface area contributed by atoms with Crippen molar-refractivity contribution in [2.24, 2.45) is 5.92 Å². The molecule has 0 aromatic heterocycles. The van der Waals surface area contributed by atoms with Gasteiger partial charge < -0.3 is 9.64 Å². The number of ether oxygens (including phenoxy) is 1. The van der Waals surface area contributed by atoms with Crippen LogP contribution >= 0.6 is 0 Å². The average Bonchev–Trinajstić information content (AvgIpc) is 2.64. The lowest BCUT2D eigenvalue weighted by atomic mass is 10.0. The van der Waals surface area contributed by atoms with Gasteiger partial charge in [0.2, 0.25) is 0 Å². The van der Waals surface area contributed by atoms with Crippen LogP contribution in [0.5, 0.6) is 0 Å². The monoisotopic (exact) mass is 246 g/mol. The molecular weight excluding hydrogens is 230 g/mol. The Morgan fingerprint density at radius 2 is 2.06 bits per heavy atom. The van der Waals surface area contributed by atoms with Gasteiger partial charge in [-0.25, -0.2) is 4.79 Å². The Labute approximate surface area is 99.1 Å². The number of rotatable bonds is 1. The summed E-state index contributed by atoms with van der Waals surface area (Å²) >= 11 is 0. The van der Waals surface area contributed by atoms with E-state index in [1.807, 2.05) is 0 Å². The van der Waals surface area contributed by atoms with E-state index in [9.17, 15) is 13.6 Å². The van der Waals surface area contributed by atoms with Crippen molar-refractivity contribution in [1.29, 1.82) is 5.26 Å². The third-order valence-corrected chi connectivity index (χ3v) is 2.50. The van der Waals surface area contributed by atoms with Gasteiger partial charge in [-0.15, -0.1) is 0 Å². The fraction of sp³-hybridized carbons (Fsp3) is 0.818. The molecule has 1 atom stereocenters. The number of hydrogen-bond donors (Lipinski definition) is 0. The maximum Gasteiger partial charge on any atom is 0.410 e. The molecular formula is C11H16F2N2O2. The van der Waals surface area contributed by atoms with Crippen LogP contribution in [-0.4, -0.2) is 35.6 Å². The summed E-state index contributed by atoms with van der Waals surface area (Å²) in [6.07, 6.45) is -0.478. The van der Waals surface area contributed by atoms with Gasteiger partial charge >= 0.3 is 12.0 Å². The Morgan fingerprint density at radius 3 is 2.53 bits per heavy atom. The van der Waals surface area contributed by atoms with E-state index in [4.69, 9.17) is 10.00 Å². The highest BCUT2D eigenvalue weighted by molar-refractivity contribution is 5.68. The molecule has 1 rings (SSSR count). The molecule has 0 spiro atoms. The summed E-state index contributed by atoms with van der Waals surface area (Å²) in [5.74, 6) is -4.48. The Morgan fingerprint density at radius 1 is 1.47 bits per heavy atom. The number of likely N-dealkylation sites (tertiary alicyclic amines) is 1. The number of alkyl halides is 2. The normalized spacial score (nSPS) is 21.2. The summed E-state index contributed by atoms with van der Waals surface area (Å²) in [6, 6.07) is 0.979. The van der Waals surface area contributed by atoms with E-state index in [2.05, 4.69) is 0 Å². The fourth-order valence-corrected chi connectivity index (χ4v) is 1.64. The van der Waals surface area contributed by atoms with Crippen LogP contribution in [0.4, 0.5) is 13.6 Å². The molecule has 1 fully saturated rings. The topological polar surface area (TPSA) is 53.3 Å². The van der Waals surface area contributed by atoms with Crippen molar-refractivity contribution in [2.45, 2.75) is 38.7 Å². The van der Waals surface area contributed by atoms with E-state index in [0.29, 0.717) is 0 Å². The van der Waals surface area contributed by atoms with Crippen LogP contribution in [0.25, 0.3) is 0 Å². The second-order valence-corrected chi connectivity index (χ2v) is 5.15. The molecule has 0 N–H and O–H groups in total. The Balaban J connectivity index is 2.57. The first-order valence-electron chi connectivity index (χ1n) is 5.43. The zero-order valence-electron chi connectivity index (χ0n) is 10.2. The molecule has 4 nitrogen and oxygen atoms in total. The molecule has 1 saturated heterocycles. The molecule has 0 bridgehead atoms. The van der Waals surface area contributed by atoms with E-state index in [1.165, 1.54) is 4.90 Å². The summed E-state index contributed by atoms with van der Waals surface area (Å²) in [5.41, 5.74) is -0.646. The Bertz CT molecular complexity index is 344. The van der Waals surface area contributed by atoms with Crippen molar-refractivity contribution in [2.75, 3.05) is 13.1 Å². The zero-order chi connectivity index (χ0) is 13.3. The molecule has 96 valence electrons. The second-order valence-electron chi connectivity index (χ2n) is 5.15. The zero-order valence-corrected chi connectivity index (χ0v) is 10.2. The van der Waals surface area contributed by atoms with Gasteiger partial charge in [0.05, 0.1) is 5.92 Å². The average molecular weight is 246 g/mol. The smallest absolute Gasteiger partial charge is 0.410 e. The van der Waals surface area contributed by atoms with Gasteiger partial charge in [0.25, 0.3) is 0 Å². The summed E-state index contributed by atoms with van der Waals surface area (Å²) in [7, 11) is 0. The van der Waals surface area contributed by atoms with Crippen molar-refractivity contribution in [3.63, 3.8) is 0 Å². The maximum atomic E-state index is 13.1. The van der Waals surface area contributed by atoms with Crippen molar-refractivity contribution in [3.8, 4) is 6.07 Å². The van der Waals surface area contributed by atoms with Crippen LogP contribution in [0.15, 0.2) is 0 Å². The van der Waals surface area contributed by atoms with Gasteiger partial charge in [0.1, 0.15) is 11.7 Å². The van der Waals surface area contributed by atoms with E-state index in [1.54, 1.807) is 20.8 Å². The largest absolute Gasteiger partial charge is 0.444 e. The van der Waals surface area contributed by atoms with Gasteiger partial charge in [0.15, 0.2) is 0 Å². The molecule has 1 aliphatic heterocycles. The Hall–Kier alpha value is -1.38. The minimum absolute atomic E-state index is 0.125. The number of carbonyl (C=O) groups is 1. The SMILES string of the molecule is CC(C)(C)OC(=O)N1CCC(C(F)(F)C#N)C1. The molecule has 6 heteroatoms. The summed E-state index contributed by atoms with van der Waals surface area (Å²) in [4.78, 5) is 12.8. The number of hydrogen-bond acceptors (Lipinski definition) is 3. The first kappa shape index (κ1) is 13.7. The molecule has 0 radical (unpaired) electrons. The van der Waals surface area contributed by atoms with E-state index < -0.39 is 23.5 Å². The number of halogens is 2. The molecule has 1 heterocycles. The van der Waals surface area contributed by atoms with E-state index in [0.717, 1.165) is 6.07 Å². The molecule has 0 aromatic rings. The van der Waals surface area contributed by atoms with Crippen molar-refractivity contribution in [3.05, 3.63) is 0 Å². The first-order valence-corrected chi connectivity index (χ1v) is 5.43. The van der Waals surface area contributed by atoms with Gasteiger partial charge in [-0.1, -0.05) is 0 Å². The summed E-state index contributed by atoms with van der Waals surface area (Å²) in [5, 5.41) is 8.33. The molecule has 1 amide bonds. The van der Waals surface area contributed by atoms with Gasteiger partial charge in [-0.2, -0.15) is 14.0 Å². The van der Waals surface area contributed by atoms with Gasteiger partial charge in [-0.05, 0) is 27.2 Å². The molecule has 1 aliphatic rings. The molecule has 0 aromatic carbocycles. The highest BCUT2D eigenvalue weighted by atomic mass is 19.3. The first-order chi connectivity index (χ1) is 7.65. The lowest BCUT2D eigenvalue weighted by Gasteiger charge is -2.24. The predicted molar refractivity (Wildman–Crippen MR) is 56.5 cm³/mol. The van der Waals surface area contributed by atoms with Crippen LogP contribution in [-0.2, 0) is 4.74 Å². The lowest BCUT2D eigenvalue weighted by Crippen LogP contribution is -2.37. The standard InChI is InChI=1S/C11H16F2N2O2/c1-10(2,3)17-9(16)15-5-4-8(6-15)11(12,13)7-14/h8H,4-6H2,1-3H3. The van der Waals surface area contributed by atoms with Crippen molar-refractivity contribution in [1.82, 2.24) is 4.90 Å². The minimum Gasteiger partial charge on any atom is -0.444 e. The highest BCUT2D eigenvalue weighted by Gasteiger charge is 2.45. The molecule has 1 unspecified atom stereocenters. The fourth-order valence-electron chi connectivity index (χ4n) is 1.64. The van der Waals surface area contributed by atoms with Crippen LogP contribution in [0.2, 0.25) is 0 Å². The van der Waals surface area contributed by atoms with Crippen LogP contribution in [0, 0.1) is 17.2 Å². The third-order valence-electron chi connectivity index (χ3n) is 2.50. The quantitative estimate of drug-likeness (QED) is 0.713.